The molecule has 3 nitrogen and oxygen atoms in total. The highest BCUT2D eigenvalue weighted by Gasteiger charge is 2.33. The van der Waals surface area contributed by atoms with Crippen molar-refractivity contribution in [3.63, 3.8) is 0 Å². The monoisotopic (exact) mass is 305 g/mol. The molecule has 0 radical (unpaired) electrons. The Morgan fingerprint density at radius 3 is 2.86 bits per heavy atom. The summed E-state index contributed by atoms with van der Waals surface area (Å²) in [5.41, 5.74) is 3.03. The molecule has 21 heavy (non-hydrogen) atoms. The van der Waals surface area contributed by atoms with Gasteiger partial charge in [0.25, 0.3) is 0 Å². The first-order valence-corrected chi connectivity index (χ1v) is 9.09. The highest BCUT2D eigenvalue weighted by molar-refractivity contribution is 7.15. The van der Waals surface area contributed by atoms with E-state index in [-0.39, 0.29) is 0 Å². The van der Waals surface area contributed by atoms with Crippen LogP contribution < -0.4 is 5.32 Å². The van der Waals surface area contributed by atoms with Crippen LogP contribution in [-0.2, 0) is 6.54 Å². The molecule has 2 aromatic rings. The largest absolute Gasteiger partial charge is 0.311 e. The average molecular weight is 305 g/mol. The van der Waals surface area contributed by atoms with E-state index in [9.17, 15) is 0 Å². The van der Waals surface area contributed by atoms with Gasteiger partial charge < -0.3 is 5.32 Å². The van der Waals surface area contributed by atoms with Crippen LogP contribution in [0.4, 0.5) is 0 Å². The summed E-state index contributed by atoms with van der Waals surface area (Å²) in [6.45, 7) is 8.92. The van der Waals surface area contributed by atoms with Gasteiger partial charge in [-0.25, -0.2) is 4.98 Å². The van der Waals surface area contributed by atoms with Gasteiger partial charge in [0.15, 0.2) is 4.96 Å². The van der Waals surface area contributed by atoms with E-state index in [1.54, 1.807) is 11.3 Å². The Bertz CT molecular complexity index is 590. The fraction of sp³-hybridized carbons (Fsp3) is 0.706. The third-order valence-corrected chi connectivity index (χ3v) is 5.62. The van der Waals surface area contributed by atoms with Gasteiger partial charge in [-0.2, -0.15) is 0 Å². The zero-order chi connectivity index (χ0) is 14.9. The zero-order valence-electron chi connectivity index (χ0n) is 13.5. The topological polar surface area (TPSA) is 29.3 Å². The predicted molar refractivity (Wildman–Crippen MR) is 89.9 cm³/mol. The SMILES string of the molecule is Cc1nc2sccn2c1CNCC1(CC(C)C)CCCC1. The number of thiazole rings is 1. The summed E-state index contributed by atoms with van der Waals surface area (Å²) in [6, 6.07) is 0. The maximum Gasteiger partial charge on any atom is 0.194 e. The van der Waals surface area contributed by atoms with Crippen molar-refractivity contribution in [2.24, 2.45) is 11.3 Å². The fourth-order valence-corrected chi connectivity index (χ4v) is 4.82. The second kappa shape index (κ2) is 6.09. The second-order valence-corrected chi connectivity index (χ2v) is 7.98. The van der Waals surface area contributed by atoms with Crippen LogP contribution in [0.2, 0.25) is 0 Å². The van der Waals surface area contributed by atoms with Gasteiger partial charge in [0.2, 0.25) is 0 Å². The summed E-state index contributed by atoms with van der Waals surface area (Å²) in [4.78, 5) is 5.74. The van der Waals surface area contributed by atoms with Crippen LogP contribution in [0.5, 0.6) is 0 Å². The summed E-state index contributed by atoms with van der Waals surface area (Å²) < 4.78 is 2.23. The first-order valence-electron chi connectivity index (χ1n) is 8.21. The Morgan fingerprint density at radius 2 is 2.14 bits per heavy atom. The molecule has 1 aliphatic carbocycles. The molecular formula is C17H27N3S. The van der Waals surface area contributed by atoms with E-state index in [0.717, 1.165) is 24.0 Å². The quantitative estimate of drug-likeness (QED) is 0.857. The average Bonchev–Trinajstić information content (AvgIpc) is 3.08. The van der Waals surface area contributed by atoms with Gasteiger partial charge >= 0.3 is 0 Å². The van der Waals surface area contributed by atoms with Crippen LogP contribution in [0, 0.1) is 18.3 Å². The maximum absolute atomic E-state index is 4.63. The van der Waals surface area contributed by atoms with E-state index in [1.807, 2.05) is 0 Å². The Morgan fingerprint density at radius 1 is 1.38 bits per heavy atom. The molecule has 0 saturated heterocycles. The van der Waals surface area contributed by atoms with Gasteiger partial charge in [0, 0.05) is 24.7 Å². The lowest BCUT2D eigenvalue weighted by atomic mass is 9.78. The molecule has 1 fully saturated rings. The molecule has 2 aromatic heterocycles. The van der Waals surface area contributed by atoms with Crippen LogP contribution in [0.3, 0.4) is 0 Å². The highest BCUT2D eigenvalue weighted by Crippen LogP contribution is 2.42. The minimum atomic E-state index is 0.542. The summed E-state index contributed by atoms with van der Waals surface area (Å²) in [5.74, 6) is 0.796. The number of hydrogen-bond acceptors (Lipinski definition) is 3. The van der Waals surface area contributed by atoms with Crippen LogP contribution in [0.15, 0.2) is 11.6 Å². The van der Waals surface area contributed by atoms with Gasteiger partial charge in [-0.15, -0.1) is 11.3 Å². The van der Waals surface area contributed by atoms with Crippen molar-refractivity contribution in [1.29, 1.82) is 0 Å². The number of aryl methyl sites for hydroxylation is 1. The minimum Gasteiger partial charge on any atom is -0.311 e. The van der Waals surface area contributed by atoms with E-state index in [2.05, 4.69) is 47.0 Å². The molecular weight excluding hydrogens is 278 g/mol. The predicted octanol–water partition coefficient (Wildman–Crippen LogP) is 4.40. The maximum atomic E-state index is 4.63. The number of rotatable bonds is 6. The molecule has 0 aliphatic heterocycles. The normalized spacial score (nSPS) is 18.1. The van der Waals surface area contributed by atoms with E-state index in [1.165, 1.54) is 43.5 Å². The Kier molecular flexibility index (Phi) is 4.36. The van der Waals surface area contributed by atoms with E-state index in [4.69, 9.17) is 0 Å². The Labute approximate surface area is 131 Å². The standard InChI is InChI=1S/C17H27N3S/c1-13(2)10-17(6-4-5-7-17)12-18-11-15-14(3)19-16-20(15)8-9-21-16/h8-9,13,18H,4-7,10-12H2,1-3H3. The van der Waals surface area contributed by atoms with Crippen molar-refractivity contribution >= 4 is 16.3 Å². The molecule has 0 amide bonds. The van der Waals surface area contributed by atoms with Crippen molar-refractivity contribution in [3.05, 3.63) is 23.0 Å². The van der Waals surface area contributed by atoms with Crippen LogP contribution in [0.25, 0.3) is 4.96 Å². The molecule has 0 bridgehead atoms. The molecule has 4 heteroatoms. The van der Waals surface area contributed by atoms with Crippen LogP contribution in [-0.4, -0.2) is 15.9 Å². The molecule has 0 unspecified atom stereocenters. The molecule has 1 N–H and O–H groups in total. The van der Waals surface area contributed by atoms with Crippen molar-refractivity contribution < 1.29 is 0 Å². The van der Waals surface area contributed by atoms with E-state index in [0.29, 0.717) is 5.41 Å². The van der Waals surface area contributed by atoms with Crippen molar-refractivity contribution in [2.45, 2.75) is 59.4 Å². The minimum absolute atomic E-state index is 0.542. The molecule has 2 heterocycles. The fourth-order valence-electron chi connectivity index (χ4n) is 4.04. The number of fused-ring (bicyclic) bond motifs is 1. The number of nitrogens with one attached hydrogen (secondary N) is 1. The number of imidazole rings is 1. The number of hydrogen-bond donors (Lipinski definition) is 1. The Balaban J connectivity index is 1.64. The van der Waals surface area contributed by atoms with E-state index < -0.39 is 0 Å². The smallest absolute Gasteiger partial charge is 0.194 e. The van der Waals surface area contributed by atoms with Crippen LogP contribution >= 0.6 is 11.3 Å². The molecule has 1 saturated carbocycles. The molecule has 0 aromatic carbocycles. The van der Waals surface area contributed by atoms with E-state index >= 15 is 0 Å². The van der Waals surface area contributed by atoms with Gasteiger partial charge in [-0.05, 0) is 37.5 Å². The number of nitrogens with zero attached hydrogens (tertiary/aromatic N) is 2. The van der Waals surface area contributed by atoms with Crippen LogP contribution in [0.1, 0.15) is 57.3 Å². The third-order valence-electron chi connectivity index (χ3n) is 4.86. The third kappa shape index (κ3) is 3.16. The van der Waals surface area contributed by atoms with Crippen molar-refractivity contribution in [1.82, 2.24) is 14.7 Å². The lowest BCUT2D eigenvalue weighted by Crippen LogP contribution is -2.33. The van der Waals surface area contributed by atoms with Gasteiger partial charge in [0.1, 0.15) is 0 Å². The zero-order valence-corrected chi connectivity index (χ0v) is 14.3. The van der Waals surface area contributed by atoms with Gasteiger partial charge in [-0.3, -0.25) is 4.40 Å². The van der Waals surface area contributed by atoms with Crippen molar-refractivity contribution in [3.8, 4) is 0 Å². The van der Waals surface area contributed by atoms with Gasteiger partial charge in [-0.1, -0.05) is 26.7 Å². The van der Waals surface area contributed by atoms with Gasteiger partial charge in [0.05, 0.1) is 11.4 Å². The molecule has 1 aliphatic rings. The molecule has 3 rings (SSSR count). The number of aromatic nitrogens is 2. The summed E-state index contributed by atoms with van der Waals surface area (Å²) in [5, 5.41) is 5.86. The summed E-state index contributed by atoms with van der Waals surface area (Å²) in [6.07, 6.45) is 9.12. The summed E-state index contributed by atoms with van der Waals surface area (Å²) >= 11 is 1.71. The summed E-state index contributed by atoms with van der Waals surface area (Å²) in [7, 11) is 0. The lowest BCUT2D eigenvalue weighted by molar-refractivity contribution is 0.223. The lowest BCUT2D eigenvalue weighted by Gasteiger charge is -2.31. The highest BCUT2D eigenvalue weighted by atomic mass is 32.1. The first kappa shape index (κ1) is 15.0. The van der Waals surface area contributed by atoms with Crippen molar-refractivity contribution in [2.75, 3.05) is 6.54 Å². The molecule has 116 valence electrons. The first-order chi connectivity index (χ1) is 10.1. The molecule has 0 spiro atoms. The Hall–Kier alpha value is -0.870. The molecule has 0 atom stereocenters. The second-order valence-electron chi connectivity index (χ2n) is 7.11.